The number of ether oxygens (including phenoxy) is 1. The molecule has 1 unspecified atom stereocenters. The fourth-order valence-corrected chi connectivity index (χ4v) is 3.32. The summed E-state index contributed by atoms with van der Waals surface area (Å²) in [5, 5.41) is 9.46. The summed E-state index contributed by atoms with van der Waals surface area (Å²) in [6.07, 6.45) is 2.39. The molecule has 1 aromatic rings. The van der Waals surface area contributed by atoms with E-state index in [0.717, 1.165) is 42.4 Å². The predicted molar refractivity (Wildman–Crippen MR) is 77.0 cm³/mol. The van der Waals surface area contributed by atoms with Crippen LogP contribution in [0.15, 0.2) is 5.16 Å². The lowest BCUT2D eigenvalue weighted by Gasteiger charge is -2.12. The molecule has 108 valence electrons. The van der Waals surface area contributed by atoms with E-state index in [4.69, 9.17) is 10.5 Å². The summed E-state index contributed by atoms with van der Waals surface area (Å²) in [6.45, 7) is 7.64. The Kier molecular flexibility index (Phi) is 5.66. The lowest BCUT2D eigenvalue weighted by molar-refractivity contribution is 0.185. The molecule has 1 saturated heterocycles. The maximum atomic E-state index is 5.72. The van der Waals surface area contributed by atoms with E-state index < -0.39 is 0 Å². The number of hydrogen-bond acceptors (Lipinski definition) is 5. The Labute approximate surface area is 119 Å². The van der Waals surface area contributed by atoms with Crippen molar-refractivity contribution in [2.45, 2.75) is 44.9 Å². The molecule has 2 heterocycles. The maximum Gasteiger partial charge on any atom is 0.191 e. The zero-order valence-electron chi connectivity index (χ0n) is 11.8. The molecule has 1 aliphatic heterocycles. The predicted octanol–water partition coefficient (Wildman–Crippen LogP) is 1.91. The van der Waals surface area contributed by atoms with Gasteiger partial charge in [0.25, 0.3) is 0 Å². The van der Waals surface area contributed by atoms with E-state index >= 15 is 0 Å². The molecule has 1 atom stereocenters. The lowest BCUT2D eigenvalue weighted by atomic mass is 10.1. The summed E-state index contributed by atoms with van der Waals surface area (Å²) < 4.78 is 7.57. The third-order valence-corrected chi connectivity index (χ3v) is 4.31. The van der Waals surface area contributed by atoms with Gasteiger partial charge in [-0.3, -0.25) is 0 Å². The summed E-state index contributed by atoms with van der Waals surface area (Å²) in [5.74, 6) is 3.27. The van der Waals surface area contributed by atoms with E-state index in [1.165, 1.54) is 12.8 Å². The molecule has 2 rings (SSSR count). The highest BCUT2D eigenvalue weighted by atomic mass is 32.2. The van der Waals surface area contributed by atoms with Crippen LogP contribution in [0.25, 0.3) is 0 Å². The monoisotopic (exact) mass is 284 g/mol. The fraction of sp³-hybridized carbons (Fsp3) is 0.846. The highest BCUT2D eigenvalue weighted by Gasteiger charge is 2.17. The van der Waals surface area contributed by atoms with Gasteiger partial charge < -0.3 is 15.0 Å². The highest BCUT2D eigenvalue weighted by Crippen LogP contribution is 2.24. The molecule has 0 saturated carbocycles. The van der Waals surface area contributed by atoms with Crippen LogP contribution in [0.5, 0.6) is 0 Å². The second-order valence-corrected chi connectivity index (χ2v) is 6.54. The first-order valence-corrected chi connectivity index (χ1v) is 8.02. The number of thioether (sulfide) groups is 1. The van der Waals surface area contributed by atoms with E-state index in [1.54, 1.807) is 11.8 Å². The molecule has 0 aliphatic carbocycles. The van der Waals surface area contributed by atoms with Gasteiger partial charge in [-0.2, -0.15) is 0 Å². The topological polar surface area (TPSA) is 66.0 Å². The van der Waals surface area contributed by atoms with Crippen LogP contribution < -0.4 is 5.73 Å². The van der Waals surface area contributed by atoms with E-state index in [9.17, 15) is 0 Å². The van der Waals surface area contributed by atoms with Crippen molar-refractivity contribution in [2.75, 3.05) is 19.0 Å². The minimum Gasteiger partial charge on any atom is -0.381 e. The summed E-state index contributed by atoms with van der Waals surface area (Å²) in [5.41, 5.74) is 5.72. The molecule has 0 spiro atoms. The number of rotatable bonds is 7. The van der Waals surface area contributed by atoms with Crippen LogP contribution in [-0.2, 0) is 17.8 Å². The quantitative estimate of drug-likeness (QED) is 0.775. The largest absolute Gasteiger partial charge is 0.381 e. The molecule has 0 amide bonds. The Balaban J connectivity index is 1.89. The standard InChI is InChI=1S/C13H24N4OS/c1-10(2)8-17-12(7-14)15-16-13(17)19-6-4-11-3-5-18-9-11/h10-11H,3-9,14H2,1-2H3. The summed E-state index contributed by atoms with van der Waals surface area (Å²) in [4.78, 5) is 0. The first-order chi connectivity index (χ1) is 9.20. The van der Waals surface area contributed by atoms with Gasteiger partial charge in [0.1, 0.15) is 5.82 Å². The summed E-state index contributed by atoms with van der Waals surface area (Å²) in [6, 6.07) is 0. The van der Waals surface area contributed by atoms with Crippen molar-refractivity contribution in [2.24, 2.45) is 17.6 Å². The zero-order chi connectivity index (χ0) is 13.7. The van der Waals surface area contributed by atoms with Gasteiger partial charge in [0.05, 0.1) is 6.54 Å². The van der Waals surface area contributed by atoms with Crippen molar-refractivity contribution >= 4 is 11.8 Å². The van der Waals surface area contributed by atoms with Crippen LogP contribution in [0.1, 0.15) is 32.5 Å². The smallest absolute Gasteiger partial charge is 0.191 e. The van der Waals surface area contributed by atoms with Crippen LogP contribution in [0, 0.1) is 11.8 Å². The molecule has 0 aromatic carbocycles. The molecule has 5 nitrogen and oxygen atoms in total. The van der Waals surface area contributed by atoms with Crippen molar-refractivity contribution in [3.05, 3.63) is 5.82 Å². The molecular weight excluding hydrogens is 260 g/mol. The second kappa shape index (κ2) is 7.26. The van der Waals surface area contributed by atoms with Crippen molar-refractivity contribution in [1.82, 2.24) is 14.8 Å². The third kappa shape index (κ3) is 4.19. The Morgan fingerprint density at radius 3 is 2.95 bits per heavy atom. The summed E-state index contributed by atoms with van der Waals surface area (Å²) in [7, 11) is 0. The van der Waals surface area contributed by atoms with E-state index in [1.807, 2.05) is 0 Å². The first-order valence-electron chi connectivity index (χ1n) is 7.03. The maximum absolute atomic E-state index is 5.72. The first kappa shape index (κ1) is 14.8. The van der Waals surface area contributed by atoms with E-state index in [0.29, 0.717) is 12.5 Å². The second-order valence-electron chi connectivity index (χ2n) is 5.47. The molecule has 1 fully saturated rings. The average molecular weight is 284 g/mol. The van der Waals surface area contributed by atoms with Gasteiger partial charge in [-0.05, 0) is 24.7 Å². The van der Waals surface area contributed by atoms with Gasteiger partial charge in [0.15, 0.2) is 5.16 Å². The summed E-state index contributed by atoms with van der Waals surface area (Å²) >= 11 is 1.79. The number of aromatic nitrogens is 3. The van der Waals surface area contributed by atoms with Gasteiger partial charge in [-0.1, -0.05) is 25.6 Å². The van der Waals surface area contributed by atoms with E-state index in [2.05, 4.69) is 28.6 Å². The minimum absolute atomic E-state index is 0.455. The molecule has 1 aliphatic rings. The number of nitrogens with zero attached hydrogens (tertiary/aromatic N) is 3. The van der Waals surface area contributed by atoms with Crippen LogP contribution in [0.4, 0.5) is 0 Å². The van der Waals surface area contributed by atoms with Gasteiger partial charge in [0.2, 0.25) is 0 Å². The van der Waals surface area contributed by atoms with Crippen molar-refractivity contribution < 1.29 is 4.74 Å². The van der Waals surface area contributed by atoms with Gasteiger partial charge in [-0.15, -0.1) is 10.2 Å². The average Bonchev–Trinajstić information content (AvgIpc) is 3.00. The molecule has 0 bridgehead atoms. The van der Waals surface area contributed by atoms with Crippen molar-refractivity contribution in [3.63, 3.8) is 0 Å². The van der Waals surface area contributed by atoms with E-state index in [-0.39, 0.29) is 0 Å². The Morgan fingerprint density at radius 2 is 2.32 bits per heavy atom. The van der Waals surface area contributed by atoms with Crippen molar-refractivity contribution in [3.8, 4) is 0 Å². The molecular formula is C13H24N4OS. The van der Waals surface area contributed by atoms with Gasteiger partial charge >= 0.3 is 0 Å². The van der Waals surface area contributed by atoms with Gasteiger partial charge in [0, 0.05) is 25.5 Å². The lowest BCUT2D eigenvalue weighted by Crippen LogP contribution is -2.13. The normalized spacial score (nSPS) is 19.5. The molecule has 19 heavy (non-hydrogen) atoms. The Hall–Kier alpha value is -0.590. The zero-order valence-corrected chi connectivity index (χ0v) is 12.7. The number of nitrogens with two attached hydrogens (primary N) is 1. The minimum atomic E-state index is 0.455. The van der Waals surface area contributed by atoms with Crippen LogP contribution >= 0.6 is 11.8 Å². The van der Waals surface area contributed by atoms with Crippen LogP contribution in [0.3, 0.4) is 0 Å². The molecule has 6 heteroatoms. The third-order valence-electron chi connectivity index (χ3n) is 3.31. The van der Waals surface area contributed by atoms with Crippen LogP contribution in [-0.4, -0.2) is 33.7 Å². The molecule has 1 aromatic heterocycles. The van der Waals surface area contributed by atoms with Crippen molar-refractivity contribution in [1.29, 1.82) is 0 Å². The Morgan fingerprint density at radius 1 is 1.47 bits per heavy atom. The Bertz CT molecular complexity index is 388. The highest BCUT2D eigenvalue weighted by molar-refractivity contribution is 7.99. The molecule has 2 N–H and O–H groups in total. The van der Waals surface area contributed by atoms with Crippen LogP contribution in [0.2, 0.25) is 0 Å². The molecule has 0 radical (unpaired) electrons. The SMILES string of the molecule is CC(C)Cn1c(CN)nnc1SCCC1CCOC1. The van der Waals surface area contributed by atoms with Gasteiger partial charge in [-0.25, -0.2) is 0 Å². The number of hydrogen-bond donors (Lipinski definition) is 1. The fourth-order valence-electron chi connectivity index (χ4n) is 2.25.